The SMILES string of the molecule is C[C@](C#N)(COc1ccc2c(c1-c1ccccc1)B(O)OC2)NC(=O)c1ccc(OC(F)(F)F)cc1. The maximum absolute atomic E-state index is 12.7. The third-order valence-electron chi connectivity index (χ3n) is 5.51. The molecule has 11 heteroatoms. The second-order valence-electron chi connectivity index (χ2n) is 8.30. The van der Waals surface area contributed by atoms with Crippen LogP contribution in [0.1, 0.15) is 22.8 Å². The van der Waals surface area contributed by atoms with E-state index in [0.717, 1.165) is 35.4 Å². The van der Waals surface area contributed by atoms with Gasteiger partial charge in [-0.05, 0) is 53.8 Å². The van der Waals surface area contributed by atoms with Crippen LogP contribution >= 0.6 is 0 Å². The Kier molecular flexibility index (Phi) is 6.92. The summed E-state index contributed by atoms with van der Waals surface area (Å²) in [5, 5.41) is 22.7. The Morgan fingerprint density at radius 1 is 1.14 bits per heavy atom. The Morgan fingerprint density at radius 2 is 1.83 bits per heavy atom. The molecule has 0 saturated heterocycles. The van der Waals surface area contributed by atoms with E-state index in [0.29, 0.717) is 16.8 Å². The van der Waals surface area contributed by atoms with E-state index in [4.69, 9.17) is 9.39 Å². The molecule has 3 aromatic rings. The number of alkyl halides is 3. The normalized spacial score (nSPS) is 14.4. The molecule has 1 atom stereocenters. The van der Waals surface area contributed by atoms with Gasteiger partial charge in [0.1, 0.15) is 18.1 Å². The summed E-state index contributed by atoms with van der Waals surface area (Å²) >= 11 is 0. The summed E-state index contributed by atoms with van der Waals surface area (Å²) in [6, 6.07) is 19.0. The van der Waals surface area contributed by atoms with Crippen LogP contribution in [0.4, 0.5) is 13.2 Å². The molecule has 7 nitrogen and oxygen atoms in total. The first-order valence-corrected chi connectivity index (χ1v) is 10.8. The van der Waals surface area contributed by atoms with E-state index in [-0.39, 0.29) is 18.8 Å². The Bertz CT molecular complexity index is 1300. The number of carbonyl (C=O) groups is 1. The van der Waals surface area contributed by atoms with E-state index >= 15 is 0 Å². The number of carbonyl (C=O) groups excluding carboxylic acids is 1. The van der Waals surface area contributed by atoms with Crippen molar-refractivity contribution >= 4 is 18.5 Å². The standard InChI is InChI=1S/C25H20BF3N2O5/c1-24(14-30,31-23(32)17-7-10-19(11-8-17)36-25(27,28)29)15-34-20-12-9-18-13-35-26(33)22(18)21(20)16-5-3-2-4-6-16/h2-12,33H,13,15H2,1H3,(H,31,32)/t24-/m0/s1. The lowest BCUT2D eigenvalue weighted by Crippen LogP contribution is -2.49. The molecule has 2 N–H and O–H groups in total. The van der Waals surface area contributed by atoms with Gasteiger partial charge >= 0.3 is 13.5 Å². The van der Waals surface area contributed by atoms with Crippen molar-refractivity contribution in [1.29, 1.82) is 5.26 Å². The van der Waals surface area contributed by atoms with Crippen molar-refractivity contribution in [3.63, 3.8) is 0 Å². The van der Waals surface area contributed by atoms with Gasteiger partial charge in [-0.25, -0.2) is 0 Å². The number of nitrogens with zero attached hydrogens (tertiary/aromatic N) is 1. The molecule has 0 fully saturated rings. The minimum absolute atomic E-state index is 0.0359. The molecule has 1 aliphatic heterocycles. The predicted octanol–water partition coefficient (Wildman–Crippen LogP) is 3.56. The first-order chi connectivity index (χ1) is 17.1. The van der Waals surface area contributed by atoms with Gasteiger partial charge in [-0.1, -0.05) is 36.4 Å². The topological polar surface area (TPSA) is 101 Å². The Morgan fingerprint density at radius 3 is 2.47 bits per heavy atom. The van der Waals surface area contributed by atoms with Gasteiger partial charge in [0.05, 0.1) is 12.7 Å². The van der Waals surface area contributed by atoms with Gasteiger partial charge in [-0.2, -0.15) is 5.26 Å². The van der Waals surface area contributed by atoms with Crippen LogP contribution in [-0.2, 0) is 11.3 Å². The maximum atomic E-state index is 12.7. The average Bonchev–Trinajstić information content (AvgIpc) is 3.23. The zero-order valence-corrected chi connectivity index (χ0v) is 19.0. The number of nitrogens with one attached hydrogen (secondary N) is 1. The fraction of sp³-hybridized carbons (Fsp3) is 0.200. The second-order valence-corrected chi connectivity index (χ2v) is 8.30. The smallest absolute Gasteiger partial charge is 0.489 e. The third-order valence-corrected chi connectivity index (χ3v) is 5.51. The number of nitriles is 1. The van der Waals surface area contributed by atoms with Crippen LogP contribution in [0.2, 0.25) is 0 Å². The van der Waals surface area contributed by atoms with Gasteiger partial charge in [-0.15, -0.1) is 13.2 Å². The van der Waals surface area contributed by atoms with Crippen molar-refractivity contribution in [2.45, 2.75) is 25.4 Å². The lowest BCUT2D eigenvalue weighted by Gasteiger charge is -2.25. The van der Waals surface area contributed by atoms with E-state index in [9.17, 15) is 28.3 Å². The minimum atomic E-state index is -4.85. The highest BCUT2D eigenvalue weighted by Crippen LogP contribution is 2.32. The number of amides is 1. The van der Waals surface area contributed by atoms with Crippen molar-refractivity contribution in [1.82, 2.24) is 5.32 Å². The van der Waals surface area contributed by atoms with Crippen LogP contribution in [0, 0.1) is 11.3 Å². The molecule has 1 heterocycles. The molecule has 0 radical (unpaired) electrons. The van der Waals surface area contributed by atoms with Crippen molar-refractivity contribution < 1.29 is 37.1 Å². The third kappa shape index (κ3) is 5.62. The molecule has 1 aliphatic rings. The van der Waals surface area contributed by atoms with E-state index in [1.165, 1.54) is 6.92 Å². The average molecular weight is 496 g/mol. The van der Waals surface area contributed by atoms with Crippen LogP contribution in [0.15, 0.2) is 66.7 Å². The summed E-state index contributed by atoms with van der Waals surface area (Å²) in [5.74, 6) is -0.766. The number of benzene rings is 3. The van der Waals surface area contributed by atoms with E-state index < -0.39 is 30.7 Å². The molecule has 4 rings (SSSR count). The molecular formula is C25H20BF3N2O5. The Hall–Kier alpha value is -4.01. The summed E-state index contributed by atoms with van der Waals surface area (Å²) < 4.78 is 52.2. The van der Waals surface area contributed by atoms with Crippen molar-refractivity contribution in [3.05, 3.63) is 77.9 Å². The first-order valence-electron chi connectivity index (χ1n) is 10.8. The lowest BCUT2D eigenvalue weighted by molar-refractivity contribution is -0.274. The van der Waals surface area contributed by atoms with E-state index in [1.807, 2.05) is 36.4 Å². The van der Waals surface area contributed by atoms with Crippen LogP contribution in [0.3, 0.4) is 0 Å². The van der Waals surface area contributed by atoms with Crippen molar-refractivity contribution in [3.8, 4) is 28.7 Å². The van der Waals surface area contributed by atoms with Gasteiger partial charge < -0.3 is 24.5 Å². The number of hydrogen-bond donors (Lipinski definition) is 2. The molecule has 0 saturated carbocycles. The van der Waals surface area contributed by atoms with Crippen molar-refractivity contribution in [2.24, 2.45) is 0 Å². The van der Waals surface area contributed by atoms with Crippen LogP contribution in [-0.4, -0.2) is 36.6 Å². The highest BCUT2D eigenvalue weighted by atomic mass is 19.4. The summed E-state index contributed by atoms with van der Waals surface area (Å²) in [7, 11) is -1.13. The number of rotatable bonds is 7. The van der Waals surface area contributed by atoms with Crippen LogP contribution < -0.4 is 20.3 Å². The number of fused-ring (bicyclic) bond motifs is 1. The van der Waals surface area contributed by atoms with Gasteiger partial charge in [0.2, 0.25) is 0 Å². The maximum Gasteiger partial charge on any atom is 0.573 e. The first kappa shape index (κ1) is 25.1. The monoisotopic (exact) mass is 496 g/mol. The Balaban J connectivity index is 1.53. The molecule has 0 spiro atoms. The van der Waals surface area contributed by atoms with Gasteiger partial charge in [0.15, 0.2) is 5.54 Å². The fourth-order valence-corrected chi connectivity index (χ4v) is 3.77. The second kappa shape index (κ2) is 9.93. The molecule has 3 aromatic carbocycles. The highest BCUT2D eigenvalue weighted by Gasteiger charge is 2.34. The summed E-state index contributed by atoms with van der Waals surface area (Å²) in [5.41, 5.74) is 1.32. The quantitative estimate of drug-likeness (QED) is 0.486. The van der Waals surface area contributed by atoms with Crippen LogP contribution in [0.25, 0.3) is 11.1 Å². The molecule has 1 amide bonds. The Labute approximate surface area is 205 Å². The molecule has 36 heavy (non-hydrogen) atoms. The van der Waals surface area contributed by atoms with Crippen molar-refractivity contribution in [2.75, 3.05) is 6.61 Å². The molecule has 0 aliphatic carbocycles. The van der Waals surface area contributed by atoms with Gasteiger partial charge in [-0.3, -0.25) is 4.79 Å². The number of halogens is 3. The van der Waals surface area contributed by atoms with E-state index in [2.05, 4.69) is 10.1 Å². The molecule has 0 unspecified atom stereocenters. The molecule has 184 valence electrons. The number of hydrogen-bond acceptors (Lipinski definition) is 6. The zero-order chi connectivity index (χ0) is 25.9. The van der Waals surface area contributed by atoms with Gasteiger partial charge in [0, 0.05) is 11.1 Å². The highest BCUT2D eigenvalue weighted by molar-refractivity contribution is 6.63. The summed E-state index contributed by atoms with van der Waals surface area (Å²) in [4.78, 5) is 12.7. The zero-order valence-electron chi connectivity index (χ0n) is 19.0. The van der Waals surface area contributed by atoms with Gasteiger partial charge in [0.25, 0.3) is 5.91 Å². The van der Waals surface area contributed by atoms with E-state index in [1.54, 1.807) is 12.1 Å². The molecular weight excluding hydrogens is 476 g/mol. The number of ether oxygens (including phenoxy) is 2. The predicted molar refractivity (Wildman–Crippen MR) is 124 cm³/mol. The molecule has 0 bridgehead atoms. The largest absolute Gasteiger partial charge is 0.573 e. The fourth-order valence-electron chi connectivity index (χ4n) is 3.77. The minimum Gasteiger partial charge on any atom is -0.489 e. The summed E-state index contributed by atoms with van der Waals surface area (Å²) in [6.45, 7) is 1.45. The summed E-state index contributed by atoms with van der Waals surface area (Å²) in [6.07, 6.45) is -4.85. The van der Waals surface area contributed by atoms with Crippen LogP contribution in [0.5, 0.6) is 11.5 Å². The molecule has 0 aromatic heterocycles. The lowest BCUT2D eigenvalue weighted by atomic mass is 9.74.